The quantitative estimate of drug-likeness (QED) is 0.224. The van der Waals surface area contributed by atoms with Gasteiger partial charge in [0.15, 0.2) is 6.04 Å². The van der Waals surface area contributed by atoms with E-state index in [9.17, 15) is 24.3 Å². The number of amides is 3. The minimum atomic E-state index is -1.49. The monoisotopic (exact) mass is 446 g/mol. The Balaban J connectivity index is 2.85. The Morgan fingerprint density at radius 2 is 1.70 bits per heavy atom. The zero-order chi connectivity index (χ0) is 22.8. The zero-order valence-corrected chi connectivity index (χ0v) is 18.8. The maximum absolute atomic E-state index is 12.9. The molecule has 1 heterocycles. The maximum atomic E-state index is 12.9. The number of thioether (sulfide) groups is 1. The number of hydrogen-bond acceptors (Lipinski definition) is 7. The van der Waals surface area contributed by atoms with Crippen molar-refractivity contribution in [1.82, 2.24) is 21.3 Å². The van der Waals surface area contributed by atoms with E-state index >= 15 is 0 Å². The molecule has 30 heavy (non-hydrogen) atoms. The molecule has 0 aromatic heterocycles. The van der Waals surface area contributed by atoms with Crippen molar-refractivity contribution in [3.05, 3.63) is 0 Å². The maximum Gasteiger partial charge on any atom is 0.328 e. The zero-order valence-electron chi connectivity index (χ0n) is 17.9. The molecule has 1 aliphatic heterocycles. The largest absolute Gasteiger partial charge is 0.480 e. The number of aliphatic carboxylic acids is 1. The highest BCUT2D eigenvalue weighted by atomic mass is 32.2. The molecule has 0 aromatic carbocycles. The molecule has 0 aromatic rings. The van der Waals surface area contributed by atoms with E-state index in [2.05, 4.69) is 21.3 Å². The van der Waals surface area contributed by atoms with Crippen molar-refractivity contribution in [2.45, 2.75) is 70.3 Å². The minimum Gasteiger partial charge on any atom is -0.480 e. The number of carbonyl (C=O) groups is 4. The van der Waals surface area contributed by atoms with Gasteiger partial charge in [0.2, 0.25) is 17.7 Å². The Hall–Kier alpha value is -1.85. The first-order chi connectivity index (χ1) is 14.1. The molecule has 172 valence electrons. The van der Waals surface area contributed by atoms with Gasteiger partial charge in [0.05, 0.1) is 12.1 Å². The number of aliphatic hydroxyl groups excluding tert-OH is 1. The van der Waals surface area contributed by atoms with E-state index in [1.54, 1.807) is 13.8 Å². The first-order valence-electron chi connectivity index (χ1n) is 10.1. The topological polar surface area (TPSA) is 157 Å². The number of carboxylic acids is 1. The van der Waals surface area contributed by atoms with Crippen molar-refractivity contribution in [2.75, 3.05) is 18.6 Å². The van der Waals surface area contributed by atoms with Gasteiger partial charge < -0.3 is 31.5 Å². The highest BCUT2D eigenvalue weighted by Gasteiger charge is 2.33. The van der Waals surface area contributed by atoms with Crippen molar-refractivity contribution in [3.63, 3.8) is 0 Å². The van der Waals surface area contributed by atoms with Crippen LogP contribution < -0.4 is 21.3 Å². The number of aliphatic hydroxyl groups is 1. The molecular formula is C19H34N4O6S. The lowest BCUT2D eigenvalue weighted by Gasteiger charge is -2.27. The number of hydrogen-bond donors (Lipinski definition) is 6. The van der Waals surface area contributed by atoms with Crippen LogP contribution in [0.2, 0.25) is 0 Å². The first kappa shape index (κ1) is 26.2. The third kappa shape index (κ3) is 8.11. The van der Waals surface area contributed by atoms with Gasteiger partial charge >= 0.3 is 5.97 Å². The van der Waals surface area contributed by atoms with Crippen molar-refractivity contribution >= 4 is 35.5 Å². The molecule has 0 bridgehead atoms. The molecule has 0 radical (unpaired) electrons. The van der Waals surface area contributed by atoms with Crippen molar-refractivity contribution in [2.24, 2.45) is 5.92 Å². The third-order valence-electron chi connectivity index (χ3n) is 4.91. The average Bonchev–Trinajstić information content (AvgIpc) is 3.20. The normalized spacial score (nSPS) is 20.1. The molecule has 3 amide bonds. The summed E-state index contributed by atoms with van der Waals surface area (Å²) in [5, 5.41) is 29.5. The summed E-state index contributed by atoms with van der Waals surface area (Å²) in [6.07, 6.45) is 2.58. The second kappa shape index (κ2) is 12.8. The van der Waals surface area contributed by atoms with Crippen molar-refractivity contribution in [1.29, 1.82) is 0 Å². The summed E-state index contributed by atoms with van der Waals surface area (Å²) in [6, 6.07) is -3.65. The Morgan fingerprint density at radius 1 is 1.07 bits per heavy atom. The third-order valence-corrected chi connectivity index (χ3v) is 5.56. The van der Waals surface area contributed by atoms with Gasteiger partial charge in [0.1, 0.15) is 12.1 Å². The summed E-state index contributed by atoms with van der Waals surface area (Å²) in [7, 11) is 0. The average molecular weight is 447 g/mol. The highest BCUT2D eigenvalue weighted by Crippen LogP contribution is 2.09. The smallest absolute Gasteiger partial charge is 0.328 e. The predicted molar refractivity (Wildman–Crippen MR) is 114 cm³/mol. The summed E-state index contributed by atoms with van der Waals surface area (Å²) in [4.78, 5) is 49.2. The number of carboxylic acid groups (broad SMARTS) is 1. The highest BCUT2D eigenvalue weighted by molar-refractivity contribution is 7.98. The van der Waals surface area contributed by atoms with Crippen LogP contribution in [0.4, 0.5) is 0 Å². The van der Waals surface area contributed by atoms with E-state index in [1.165, 1.54) is 18.7 Å². The molecule has 11 heteroatoms. The van der Waals surface area contributed by atoms with Crippen LogP contribution in [-0.2, 0) is 19.2 Å². The molecule has 5 unspecified atom stereocenters. The summed E-state index contributed by atoms with van der Waals surface area (Å²) in [6.45, 7) is 5.43. The van der Waals surface area contributed by atoms with Gasteiger partial charge in [0, 0.05) is 0 Å². The van der Waals surface area contributed by atoms with Crippen LogP contribution >= 0.6 is 11.8 Å². The lowest BCUT2D eigenvalue weighted by molar-refractivity contribution is -0.145. The predicted octanol–water partition coefficient (Wildman–Crippen LogP) is -0.933. The Morgan fingerprint density at radius 3 is 2.17 bits per heavy atom. The van der Waals surface area contributed by atoms with Gasteiger partial charge in [-0.05, 0) is 50.7 Å². The van der Waals surface area contributed by atoms with E-state index in [0.29, 0.717) is 18.6 Å². The van der Waals surface area contributed by atoms with E-state index in [1.807, 2.05) is 6.26 Å². The second-order valence-corrected chi connectivity index (χ2v) is 8.77. The molecule has 5 atom stereocenters. The number of nitrogens with one attached hydrogen (secondary N) is 4. The van der Waals surface area contributed by atoms with E-state index in [0.717, 1.165) is 13.0 Å². The summed E-state index contributed by atoms with van der Waals surface area (Å²) < 4.78 is 0. The Kier molecular flexibility index (Phi) is 11.1. The fraction of sp³-hybridized carbons (Fsp3) is 0.789. The van der Waals surface area contributed by atoms with Gasteiger partial charge in [-0.1, -0.05) is 13.8 Å². The standard InChI is InChI=1S/C19H34N4O6S/c1-10(2)14(18(27)23-15(11(3)24)19(28)29)22-17(26)13(7-9-30-4)21-16(25)12-6-5-8-20-12/h10-15,20,24H,5-9H2,1-4H3,(H,21,25)(H,22,26)(H,23,27)(H,28,29). The van der Waals surface area contributed by atoms with E-state index in [-0.39, 0.29) is 17.9 Å². The van der Waals surface area contributed by atoms with Crippen LogP contribution in [0.5, 0.6) is 0 Å². The summed E-state index contributed by atoms with van der Waals surface area (Å²) in [5.74, 6) is -2.54. The number of rotatable bonds is 12. The molecule has 0 saturated carbocycles. The lowest BCUT2D eigenvalue weighted by atomic mass is 10.0. The molecular weight excluding hydrogens is 412 g/mol. The molecule has 1 aliphatic rings. The fourth-order valence-corrected chi connectivity index (χ4v) is 3.58. The van der Waals surface area contributed by atoms with Gasteiger partial charge in [-0.15, -0.1) is 0 Å². The van der Waals surface area contributed by atoms with E-state index < -0.39 is 42.0 Å². The molecule has 1 fully saturated rings. The van der Waals surface area contributed by atoms with Gasteiger partial charge in [-0.2, -0.15) is 11.8 Å². The number of carbonyl (C=O) groups excluding carboxylic acids is 3. The van der Waals surface area contributed by atoms with Crippen LogP contribution in [0, 0.1) is 5.92 Å². The lowest BCUT2D eigenvalue weighted by Crippen LogP contribution is -2.59. The van der Waals surface area contributed by atoms with Gasteiger partial charge in [-0.3, -0.25) is 14.4 Å². The van der Waals surface area contributed by atoms with Crippen LogP contribution in [0.1, 0.15) is 40.0 Å². The van der Waals surface area contributed by atoms with Crippen molar-refractivity contribution in [3.8, 4) is 0 Å². The second-order valence-electron chi connectivity index (χ2n) is 7.79. The van der Waals surface area contributed by atoms with E-state index in [4.69, 9.17) is 5.11 Å². The van der Waals surface area contributed by atoms with Crippen LogP contribution in [-0.4, -0.2) is 82.7 Å². The minimum absolute atomic E-state index is 0.251. The Bertz CT molecular complexity index is 610. The van der Waals surface area contributed by atoms with Crippen LogP contribution in [0.3, 0.4) is 0 Å². The molecule has 0 aliphatic carbocycles. The Labute approximate surface area is 181 Å². The molecule has 1 saturated heterocycles. The molecule has 1 rings (SSSR count). The van der Waals surface area contributed by atoms with Crippen molar-refractivity contribution < 1.29 is 29.4 Å². The molecule has 6 N–H and O–H groups in total. The fourth-order valence-electron chi connectivity index (χ4n) is 3.11. The molecule has 0 spiro atoms. The molecule has 10 nitrogen and oxygen atoms in total. The SMILES string of the molecule is CSCCC(NC(=O)C1CCCN1)C(=O)NC(C(=O)NC(C(=O)O)C(C)O)C(C)C. The van der Waals surface area contributed by atoms with Crippen LogP contribution in [0.25, 0.3) is 0 Å². The van der Waals surface area contributed by atoms with Crippen LogP contribution in [0.15, 0.2) is 0 Å². The van der Waals surface area contributed by atoms with Gasteiger partial charge in [0.25, 0.3) is 0 Å². The first-order valence-corrected chi connectivity index (χ1v) is 11.5. The summed E-state index contributed by atoms with van der Waals surface area (Å²) in [5.41, 5.74) is 0. The summed E-state index contributed by atoms with van der Waals surface area (Å²) >= 11 is 1.53. The van der Waals surface area contributed by atoms with Gasteiger partial charge in [-0.25, -0.2) is 4.79 Å².